The molecule has 29 heavy (non-hydrogen) atoms. The second kappa shape index (κ2) is 8.74. The minimum Gasteiger partial charge on any atom is -0.366 e. The van der Waals surface area contributed by atoms with Crippen molar-refractivity contribution in [2.45, 2.75) is 23.9 Å². The van der Waals surface area contributed by atoms with Crippen LogP contribution in [0.25, 0.3) is 10.9 Å². The largest absolute Gasteiger partial charge is 0.366 e. The topological polar surface area (TPSA) is 107 Å². The van der Waals surface area contributed by atoms with E-state index in [0.717, 1.165) is 11.8 Å². The Kier molecular flexibility index (Phi) is 6.13. The van der Waals surface area contributed by atoms with E-state index >= 15 is 0 Å². The van der Waals surface area contributed by atoms with Crippen molar-refractivity contribution in [1.82, 2.24) is 9.55 Å². The van der Waals surface area contributed by atoms with E-state index < -0.39 is 11.2 Å². The smallest absolute Gasteiger partial charge is 0.262 e. The highest BCUT2D eigenvalue weighted by molar-refractivity contribution is 8.00. The summed E-state index contributed by atoms with van der Waals surface area (Å²) >= 11 is 1.16. The molecule has 7 nitrogen and oxygen atoms in total. The zero-order chi connectivity index (χ0) is 21.0. The molecule has 0 fully saturated rings. The van der Waals surface area contributed by atoms with E-state index in [0.29, 0.717) is 21.7 Å². The Morgan fingerprint density at radius 2 is 1.93 bits per heavy atom. The third-order valence-electron chi connectivity index (χ3n) is 4.24. The fraction of sp³-hybridized carbons (Fsp3) is 0.143. The summed E-state index contributed by atoms with van der Waals surface area (Å²) in [5.74, 6) is -0.964. The summed E-state index contributed by atoms with van der Waals surface area (Å²) < 4.78 is 1.49. The molecular weight excluding hydrogens is 388 g/mol. The molecule has 0 bridgehead atoms. The molecule has 0 aliphatic carbocycles. The Morgan fingerprint density at radius 3 is 2.66 bits per heavy atom. The first-order valence-electron chi connectivity index (χ1n) is 8.89. The highest BCUT2D eigenvalue weighted by Crippen LogP contribution is 2.24. The summed E-state index contributed by atoms with van der Waals surface area (Å²) in [6.07, 6.45) is 1.61. The fourth-order valence-electron chi connectivity index (χ4n) is 2.78. The van der Waals surface area contributed by atoms with Gasteiger partial charge >= 0.3 is 0 Å². The number of carbonyl (C=O) groups is 2. The number of fused-ring (bicyclic) bond motifs is 1. The van der Waals surface area contributed by atoms with Gasteiger partial charge in [0.1, 0.15) is 0 Å². The molecule has 3 rings (SSSR count). The van der Waals surface area contributed by atoms with E-state index in [2.05, 4.69) is 16.9 Å². The lowest BCUT2D eigenvalue weighted by Crippen LogP contribution is -2.27. The van der Waals surface area contributed by atoms with Gasteiger partial charge in [-0.05, 0) is 31.2 Å². The maximum absolute atomic E-state index is 12.8. The number of hydrogen-bond acceptors (Lipinski definition) is 5. The first kappa shape index (κ1) is 20.3. The van der Waals surface area contributed by atoms with Crippen LogP contribution in [0.4, 0.5) is 5.69 Å². The number of nitrogens with zero attached hydrogens (tertiary/aromatic N) is 2. The Balaban J connectivity index is 1.89. The maximum atomic E-state index is 12.8. The summed E-state index contributed by atoms with van der Waals surface area (Å²) in [4.78, 5) is 41.6. The van der Waals surface area contributed by atoms with Crippen molar-refractivity contribution in [3.05, 3.63) is 77.1 Å². The van der Waals surface area contributed by atoms with Crippen molar-refractivity contribution in [3.63, 3.8) is 0 Å². The van der Waals surface area contributed by atoms with Gasteiger partial charge < -0.3 is 11.1 Å². The Hall–Kier alpha value is -3.39. The number of benzene rings is 2. The van der Waals surface area contributed by atoms with Crippen LogP contribution in [0.15, 0.2) is 71.1 Å². The maximum Gasteiger partial charge on any atom is 0.262 e. The van der Waals surface area contributed by atoms with E-state index in [1.807, 2.05) is 0 Å². The number of rotatable bonds is 7. The van der Waals surface area contributed by atoms with Crippen LogP contribution in [-0.2, 0) is 11.3 Å². The van der Waals surface area contributed by atoms with Crippen molar-refractivity contribution in [3.8, 4) is 0 Å². The van der Waals surface area contributed by atoms with Gasteiger partial charge in [-0.1, -0.05) is 42.1 Å². The highest BCUT2D eigenvalue weighted by Gasteiger charge is 2.20. The predicted octanol–water partition coefficient (Wildman–Crippen LogP) is 2.80. The Bertz CT molecular complexity index is 1160. The van der Waals surface area contributed by atoms with Gasteiger partial charge in [-0.3, -0.25) is 19.0 Å². The van der Waals surface area contributed by atoms with Gasteiger partial charge in [0.25, 0.3) is 11.5 Å². The Morgan fingerprint density at radius 1 is 1.24 bits per heavy atom. The van der Waals surface area contributed by atoms with Gasteiger partial charge in [0.15, 0.2) is 5.16 Å². The number of primary amides is 1. The lowest BCUT2D eigenvalue weighted by atomic mass is 10.1. The van der Waals surface area contributed by atoms with E-state index in [-0.39, 0.29) is 23.6 Å². The summed E-state index contributed by atoms with van der Waals surface area (Å²) in [6.45, 7) is 5.67. The van der Waals surface area contributed by atoms with Crippen LogP contribution in [0.2, 0.25) is 0 Å². The summed E-state index contributed by atoms with van der Waals surface area (Å²) in [5, 5.41) is 3.06. The molecule has 0 saturated heterocycles. The molecular formula is C21H20N4O3S. The van der Waals surface area contributed by atoms with E-state index in [4.69, 9.17) is 5.73 Å². The van der Waals surface area contributed by atoms with Gasteiger partial charge in [0.2, 0.25) is 5.91 Å². The van der Waals surface area contributed by atoms with Crippen LogP contribution < -0.4 is 16.6 Å². The summed E-state index contributed by atoms with van der Waals surface area (Å²) in [5.41, 5.74) is 6.30. The number of thioether (sulfide) groups is 1. The molecule has 1 heterocycles. The lowest BCUT2D eigenvalue weighted by molar-refractivity contribution is -0.115. The predicted molar refractivity (Wildman–Crippen MR) is 115 cm³/mol. The van der Waals surface area contributed by atoms with Crippen LogP contribution in [0.5, 0.6) is 0 Å². The molecule has 1 aromatic heterocycles. The van der Waals surface area contributed by atoms with Gasteiger partial charge in [-0.2, -0.15) is 0 Å². The van der Waals surface area contributed by atoms with Crippen molar-refractivity contribution in [1.29, 1.82) is 0 Å². The minimum atomic E-state index is -0.628. The Labute approximate surface area is 171 Å². The second-order valence-corrected chi connectivity index (χ2v) is 7.58. The highest BCUT2D eigenvalue weighted by atomic mass is 32.2. The molecule has 148 valence electrons. The van der Waals surface area contributed by atoms with Crippen LogP contribution >= 0.6 is 11.8 Å². The molecule has 0 aliphatic heterocycles. The average Bonchev–Trinajstić information content (AvgIpc) is 2.71. The summed E-state index contributed by atoms with van der Waals surface area (Å²) in [6, 6.07) is 13.6. The number of allylic oxidation sites excluding steroid dienone is 1. The third kappa shape index (κ3) is 4.38. The third-order valence-corrected chi connectivity index (χ3v) is 5.33. The number of nitrogens with one attached hydrogen (secondary N) is 1. The molecule has 3 aromatic rings. The van der Waals surface area contributed by atoms with Crippen LogP contribution in [0.1, 0.15) is 17.3 Å². The minimum absolute atomic E-state index is 0.190. The molecule has 0 spiro atoms. The number of anilines is 1. The summed E-state index contributed by atoms with van der Waals surface area (Å²) in [7, 11) is 0. The van der Waals surface area contributed by atoms with Crippen LogP contribution in [0.3, 0.4) is 0 Å². The zero-order valence-electron chi connectivity index (χ0n) is 15.8. The molecule has 3 N–H and O–H groups in total. The van der Waals surface area contributed by atoms with Crippen molar-refractivity contribution >= 4 is 40.2 Å². The van der Waals surface area contributed by atoms with Crippen molar-refractivity contribution < 1.29 is 9.59 Å². The molecule has 2 aromatic carbocycles. The standard InChI is InChI=1S/C21H20N4O3S/c1-3-12-25-20(28)15-9-5-7-11-17(15)24-21(25)29-13(2)19(27)23-16-10-6-4-8-14(16)18(22)26/h3-11,13H,1,12H2,2H3,(H2,22,26)(H,23,27)/t13-/m0/s1. The fourth-order valence-corrected chi connectivity index (χ4v) is 3.70. The number of amides is 2. The first-order chi connectivity index (χ1) is 13.9. The molecule has 1 atom stereocenters. The quantitative estimate of drug-likeness (QED) is 0.355. The van der Waals surface area contributed by atoms with Crippen LogP contribution in [0, 0.1) is 0 Å². The molecule has 0 saturated carbocycles. The second-order valence-electron chi connectivity index (χ2n) is 6.28. The molecule has 2 amide bonds. The van der Waals surface area contributed by atoms with Gasteiger partial charge in [-0.25, -0.2) is 4.98 Å². The number of carbonyl (C=O) groups excluding carboxylic acids is 2. The molecule has 0 aliphatic rings. The van der Waals surface area contributed by atoms with Crippen molar-refractivity contribution in [2.24, 2.45) is 5.73 Å². The molecule has 0 unspecified atom stereocenters. The average molecular weight is 408 g/mol. The molecule has 8 heteroatoms. The SMILES string of the molecule is C=CCn1c(S[C@@H](C)C(=O)Nc2ccccc2C(N)=O)nc2ccccc2c1=O. The zero-order valence-corrected chi connectivity index (χ0v) is 16.6. The number of aromatic nitrogens is 2. The number of nitrogens with two attached hydrogens (primary N) is 1. The van der Waals surface area contributed by atoms with E-state index in [1.165, 1.54) is 4.57 Å². The van der Waals surface area contributed by atoms with Crippen LogP contribution in [-0.4, -0.2) is 26.6 Å². The molecule has 0 radical (unpaired) electrons. The first-order valence-corrected chi connectivity index (χ1v) is 9.77. The van der Waals surface area contributed by atoms with Gasteiger partial charge in [0, 0.05) is 6.54 Å². The van der Waals surface area contributed by atoms with Gasteiger partial charge in [0.05, 0.1) is 27.4 Å². The number of para-hydroxylation sites is 2. The number of hydrogen-bond donors (Lipinski definition) is 2. The van der Waals surface area contributed by atoms with E-state index in [9.17, 15) is 14.4 Å². The monoisotopic (exact) mass is 408 g/mol. The van der Waals surface area contributed by atoms with E-state index in [1.54, 1.807) is 61.5 Å². The normalized spacial score (nSPS) is 11.8. The lowest BCUT2D eigenvalue weighted by Gasteiger charge is -2.16. The van der Waals surface area contributed by atoms with Gasteiger partial charge in [-0.15, -0.1) is 6.58 Å². The van der Waals surface area contributed by atoms with Crippen molar-refractivity contribution in [2.75, 3.05) is 5.32 Å².